The fourth-order valence-corrected chi connectivity index (χ4v) is 1.81. The SMILES string of the molecule is CS(=O)(=O)NCCNCc1ccc(C(F)F)cc1. The summed E-state index contributed by atoms with van der Waals surface area (Å²) in [5, 5.41) is 3.01. The minimum absolute atomic E-state index is 0.00232. The zero-order valence-corrected chi connectivity index (χ0v) is 10.8. The largest absolute Gasteiger partial charge is 0.311 e. The standard InChI is InChI=1S/C11H16F2N2O2S/c1-18(16,17)15-7-6-14-8-9-2-4-10(5-3-9)11(12)13/h2-5,11,14-15H,6-8H2,1H3. The number of nitrogens with one attached hydrogen (secondary N) is 2. The van der Waals surface area contributed by atoms with E-state index in [9.17, 15) is 17.2 Å². The van der Waals surface area contributed by atoms with Crippen molar-refractivity contribution in [2.75, 3.05) is 19.3 Å². The third-order valence-electron chi connectivity index (χ3n) is 2.23. The molecular weight excluding hydrogens is 262 g/mol. The summed E-state index contributed by atoms with van der Waals surface area (Å²) in [5.74, 6) is 0. The average molecular weight is 278 g/mol. The van der Waals surface area contributed by atoms with Crippen LogP contribution in [0.25, 0.3) is 0 Å². The molecule has 0 unspecified atom stereocenters. The van der Waals surface area contributed by atoms with Crippen molar-refractivity contribution in [1.29, 1.82) is 0 Å². The molecule has 0 aliphatic carbocycles. The third-order valence-corrected chi connectivity index (χ3v) is 2.96. The first-order valence-electron chi connectivity index (χ1n) is 5.41. The quantitative estimate of drug-likeness (QED) is 0.738. The van der Waals surface area contributed by atoms with Crippen LogP contribution in [0.1, 0.15) is 17.6 Å². The number of benzene rings is 1. The number of sulfonamides is 1. The Balaban J connectivity index is 2.27. The van der Waals surface area contributed by atoms with Gasteiger partial charge >= 0.3 is 0 Å². The van der Waals surface area contributed by atoms with Crippen molar-refractivity contribution in [3.63, 3.8) is 0 Å². The van der Waals surface area contributed by atoms with Crippen LogP contribution in [-0.4, -0.2) is 27.8 Å². The second-order valence-corrected chi connectivity index (χ2v) is 5.72. The Morgan fingerprint density at radius 2 is 1.78 bits per heavy atom. The third kappa shape index (κ3) is 6.04. The maximum atomic E-state index is 12.3. The zero-order chi connectivity index (χ0) is 13.6. The number of halogens is 2. The lowest BCUT2D eigenvalue weighted by molar-refractivity contribution is 0.151. The molecule has 18 heavy (non-hydrogen) atoms. The molecule has 1 aromatic rings. The van der Waals surface area contributed by atoms with E-state index in [1.54, 1.807) is 12.1 Å². The van der Waals surface area contributed by atoms with Crippen molar-refractivity contribution in [2.24, 2.45) is 0 Å². The predicted molar refractivity (Wildman–Crippen MR) is 66.0 cm³/mol. The number of rotatable bonds is 7. The highest BCUT2D eigenvalue weighted by Crippen LogP contribution is 2.18. The molecule has 0 heterocycles. The fourth-order valence-electron chi connectivity index (χ4n) is 1.34. The molecule has 0 fully saturated rings. The first kappa shape index (κ1) is 15.0. The maximum absolute atomic E-state index is 12.3. The van der Waals surface area contributed by atoms with Gasteiger partial charge in [-0.2, -0.15) is 0 Å². The van der Waals surface area contributed by atoms with E-state index < -0.39 is 16.4 Å². The second kappa shape index (κ2) is 6.77. The molecule has 2 N–H and O–H groups in total. The van der Waals surface area contributed by atoms with Gasteiger partial charge in [0.05, 0.1) is 6.26 Å². The summed E-state index contributed by atoms with van der Waals surface area (Å²) in [6.45, 7) is 1.28. The maximum Gasteiger partial charge on any atom is 0.263 e. The summed E-state index contributed by atoms with van der Waals surface area (Å²) in [5.41, 5.74) is 0.872. The molecule has 0 spiro atoms. The van der Waals surface area contributed by atoms with Crippen LogP contribution in [0, 0.1) is 0 Å². The number of hydrogen-bond acceptors (Lipinski definition) is 3. The molecule has 0 saturated heterocycles. The van der Waals surface area contributed by atoms with Crippen LogP contribution in [0.15, 0.2) is 24.3 Å². The Bertz CT molecular complexity index is 460. The van der Waals surface area contributed by atoms with Crippen molar-refractivity contribution in [2.45, 2.75) is 13.0 Å². The van der Waals surface area contributed by atoms with E-state index >= 15 is 0 Å². The first-order valence-corrected chi connectivity index (χ1v) is 7.30. The van der Waals surface area contributed by atoms with E-state index in [1.165, 1.54) is 12.1 Å². The summed E-state index contributed by atoms with van der Waals surface area (Å²) < 4.78 is 48.4. The zero-order valence-electron chi connectivity index (χ0n) is 9.99. The smallest absolute Gasteiger partial charge is 0.263 e. The highest BCUT2D eigenvalue weighted by Gasteiger charge is 2.05. The lowest BCUT2D eigenvalue weighted by atomic mass is 10.1. The number of alkyl halides is 2. The van der Waals surface area contributed by atoms with Gasteiger partial charge in [-0.05, 0) is 5.56 Å². The minimum atomic E-state index is -3.16. The monoisotopic (exact) mass is 278 g/mol. The molecular formula is C11H16F2N2O2S. The van der Waals surface area contributed by atoms with Crippen LogP contribution in [0.5, 0.6) is 0 Å². The van der Waals surface area contributed by atoms with E-state index in [1.807, 2.05) is 0 Å². The Morgan fingerprint density at radius 3 is 2.28 bits per heavy atom. The molecule has 0 aromatic heterocycles. The summed E-state index contributed by atoms with van der Waals surface area (Å²) >= 11 is 0. The van der Waals surface area contributed by atoms with E-state index in [0.29, 0.717) is 19.6 Å². The number of hydrogen-bond donors (Lipinski definition) is 2. The van der Waals surface area contributed by atoms with Crippen LogP contribution >= 0.6 is 0 Å². The highest BCUT2D eigenvalue weighted by molar-refractivity contribution is 7.88. The minimum Gasteiger partial charge on any atom is -0.311 e. The Morgan fingerprint density at radius 1 is 1.17 bits per heavy atom. The molecule has 0 aliphatic rings. The first-order chi connectivity index (χ1) is 8.38. The van der Waals surface area contributed by atoms with Gasteiger partial charge in [0.1, 0.15) is 0 Å². The average Bonchev–Trinajstić information content (AvgIpc) is 2.27. The summed E-state index contributed by atoms with van der Waals surface area (Å²) in [6, 6.07) is 6.02. The molecule has 0 atom stereocenters. The van der Waals surface area contributed by atoms with Gasteiger partial charge in [0.25, 0.3) is 6.43 Å². The van der Waals surface area contributed by atoms with Crippen LogP contribution < -0.4 is 10.0 Å². The molecule has 0 saturated carbocycles. The fraction of sp³-hybridized carbons (Fsp3) is 0.455. The topological polar surface area (TPSA) is 58.2 Å². The van der Waals surface area contributed by atoms with Gasteiger partial charge in [0.2, 0.25) is 10.0 Å². The van der Waals surface area contributed by atoms with Crippen molar-refractivity contribution >= 4 is 10.0 Å². The lowest BCUT2D eigenvalue weighted by Crippen LogP contribution is -2.30. The van der Waals surface area contributed by atoms with Gasteiger partial charge in [0, 0.05) is 25.2 Å². The van der Waals surface area contributed by atoms with Gasteiger partial charge in [-0.15, -0.1) is 0 Å². The van der Waals surface area contributed by atoms with Gasteiger partial charge in [-0.25, -0.2) is 21.9 Å². The van der Waals surface area contributed by atoms with E-state index in [4.69, 9.17) is 0 Å². The molecule has 4 nitrogen and oxygen atoms in total. The van der Waals surface area contributed by atoms with Crippen molar-refractivity contribution in [1.82, 2.24) is 10.0 Å². The van der Waals surface area contributed by atoms with Crippen molar-refractivity contribution in [3.05, 3.63) is 35.4 Å². The van der Waals surface area contributed by atoms with E-state index in [0.717, 1.165) is 11.8 Å². The molecule has 1 aromatic carbocycles. The summed E-state index contributed by atoms with van der Waals surface area (Å²) in [4.78, 5) is 0. The van der Waals surface area contributed by atoms with Crippen molar-refractivity contribution < 1.29 is 17.2 Å². The normalized spacial score (nSPS) is 12.0. The van der Waals surface area contributed by atoms with Gasteiger partial charge < -0.3 is 5.32 Å². The summed E-state index contributed by atoms with van der Waals surface area (Å²) in [7, 11) is -3.16. The summed E-state index contributed by atoms with van der Waals surface area (Å²) in [6.07, 6.45) is -1.36. The van der Waals surface area contributed by atoms with Crippen LogP contribution in [0.4, 0.5) is 8.78 Å². The van der Waals surface area contributed by atoms with Crippen LogP contribution in [0.3, 0.4) is 0 Å². The van der Waals surface area contributed by atoms with E-state index in [2.05, 4.69) is 10.0 Å². The molecule has 0 radical (unpaired) electrons. The molecule has 1 rings (SSSR count). The van der Waals surface area contributed by atoms with Gasteiger partial charge in [0.15, 0.2) is 0 Å². The van der Waals surface area contributed by atoms with E-state index in [-0.39, 0.29) is 5.56 Å². The predicted octanol–water partition coefficient (Wildman–Crippen LogP) is 1.26. The van der Waals surface area contributed by atoms with Gasteiger partial charge in [-0.3, -0.25) is 0 Å². The van der Waals surface area contributed by atoms with Gasteiger partial charge in [-0.1, -0.05) is 24.3 Å². The molecule has 0 bridgehead atoms. The molecule has 0 amide bonds. The van der Waals surface area contributed by atoms with Crippen molar-refractivity contribution in [3.8, 4) is 0 Å². The van der Waals surface area contributed by atoms with Crippen LogP contribution in [0.2, 0.25) is 0 Å². The molecule has 0 aliphatic heterocycles. The molecule has 7 heteroatoms. The second-order valence-electron chi connectivity index (χ2n) is 3.89. The van der Waals surface area contributed by atoms with Crippen LogP contribution in [-0.2, 0) is 16.6 Å². The lowest BCUT2D eigenvalue weighted by Gasteiger charge is -2.06. The Kier molecular flexibility index (Phi) is 5.64. The Labute approximate surface area is 105 Å². The molecule has 102 valence electrons. The highest BCUT2D eigenvalue weighted by atomic mass is 32.2. The Hall–Kier alpha value is -1.05.